The van der Waals surface area contributed by atoms with Gasteiger partial charge in [-0.25, -0.2) is 4.79 Å². The van der Waals surface area contributed by atoms with Gasteiger partial charge in [0.05, 0.1) is 26.2 Å². The molecule has 1 fully saturated rings. The number of hydrogen-bond donors (Lipinski definition) is 0. The molecule has 0 aromatic carbocycles. The van der Waals surface area contributed by atoms with Crippen molar-refractivity contribution in [3.63, 3.8) is 0 Å². The molecule has 7 heteroatoms. The third kappa shape index (κ3) is 7.51. The Labute approximate surface area is 130 Å². The van der Waals surface area contributed by atoms with Crippen molar-refractivity contribution >= 4 is 17.8 Å². The molecule has 1 aliphatic heterocycles. The number of hydroxylamine groups is 2. The first kappa shape index (κ1) is 18.6. The highest BCUT2D eigenvalue weighted by atomic mass is 16.7. The molecule has 0 spiro atoms. The highest BCUT2D eigenvalue weighted by molar-refractivity contribution is 6.01. The van der Waals surface area contributed by atoms with E-state index in [0.717, 1.165) is 12.8 Å². The SMILES string of the molecule is CC(C)CCCOCCOCCC(=O)ON1C(=O)CCC1=O. The average Bonchev–Trinajstić information content (AvgIpc) is 2.77. The Kier molecular flexibility index (Phi) is 8.69. The fourth-order valence-corrected chi connectivity index (χ4v) is 1.88. The van der Waals surface area contributed by atoms with Gasteiger partial charge in [-0.15, -0.1) is 5.06 Å². The van der Waals surface area contributed by atoms with Crippen LogP contribution in [0.4, 0.5) is 0 Å². The maximum absolute atomic E-state index is 11.4. The molecule has 1 rings (SSSR count). The highest BCUT2D eigenvalue weighted by Crippen LogP contribution is 2.12. The lowest BCUT2D eigenvalue weighted by Crippen LogP contribution is -2.32. The smallest absolute Gasteiger partial charge is 0.335 e. The van der Waals surface area contributed by atoms with Crippen LogP contribution in [0, 0.1) is 5.92 Å². The topological polar surface area (TPSA) is 82.1 Å². The van der Waals surface area contributed by atoms with Gasteiger partial charge >= 0.3 is 5.97 Å². The van der Waals surface area contributed by atoms with Crippen molar-refractivity contribution in [2.75, 3.05) is 26.4 Å². The van der Waals surface area contributed by atoms with E-state index in [9.17, 15) is 14.4 Å². The molecular formula is C15H25NO6. The second-order valence-corrected chi connectivity index (χ2v) is 5.56. The van der Waals surface area contributed by atoms with E-state index < -0.39 is 17.8 Å². The normalized spacial score (nSPS) is 15.0. The number of nitrogens with zero attached hydrogens (tertiary/aromatic N) is 1. The van der Waals surface area contributed by atoms with E-state index in [0.29, 0.717) is 30.8 Å². The van der Waals surface area contributed by atoms with Crippen molar-refractivity contribution in [3.8, 4) is 0 Å². The zero-order valence-electron chi connectivity index (χ0n) is 13.3. The van der Waals surface area contributed by atoms with Crippen molar-refractivity contribution in [3.05, 3.63) is 0 Å². The molecule has 0 unspecified atom stereocenters. The van der Waals surface area contributed by atoms with E-state index in [1.54, 1.807) is 0 Å². The summed E-state index contributed by atoms with van der Waals surface area (Å²) in [6.07, 6.45) is 2.35. The standard InChI is InChI=1S/C15H25NO6/c1-12(2)4-3-8-20-10-11-21-9-7-15(19)22-16-13(17)5-6-14(16)18/h12H,3-11H2,1-2H3. The van der Waals surface area contributed by atoms with Gasteiger partial charge in [-0.2, -0.15) is 0 Å². The molecule has 0 aromatic heterocycles. The molecule has 7 nitrogen and oxygen atoms in total. The summed E-state index contributed by atoms with van der Waals surface area (Å²) in [6, 6.07) is 0. The van der Waals surface area contributed by atoms with Gasteiger partial charge in [0.1, 0.15) is 0 Å². The fourth-order valence-electron chi connectivity index (χ4n) is 1.88. The van der Waals surface area contributed by atoms with Crippen LogP contribution in [0.1, 0.15) is 46.0 Å². The Morgan fingerprint density at radius 2 is 1.64 bits per heavy atom. The predicted octanol–water partition coefficient (Wildman–Crippen LogP) is 1.45. The van der Waals surface area contributed by atoms with Crippen molar-refractivity contribution < 1.29 is 28.7 Å². The molecule has 0 saturated carbocycles. The molecule has 0 N–H and O–H groups in total. The van der Waals surface area contributed by atoms with Gasteiger partial charge in [0, 0.05) is 19.4 Å². The molecule has 22 heavy (non-hydrogen) atoms. The molecule has 2 amide bonds. The minimum Gasteiger partial charge on any atom is -0.379 e. The van der Waals surface area contributed by atoms with E-state index in [2.05, 4.69) is 13.8 Å². The Balaban J connectivity index is 1.95. The van der Waals surface area contributed by atoms with Gasteiger partial charge in [-0.1, -0.05) is 13.8 Å². The van der Waals surface area contributed by atoms with Crippen molar-refractivity contribution in [1.29, 1.82) is 0 Å². The number of rotatable bonds is 11. The first-order chi connectivity index (χ1) is 10.5. The van der Waals surface area contributed by atoms with Crippen LogP contribution < -0.4 is 0 Å². The summed E-state index contributed by atoms with van der Waals surface area (Å²) in [5.41, 5.74) is 0. The average molecular weight is 315 g/mol. The van der Waals surface area contributed by atoms with Crippen LogP contribution in [-0.2, 0) is 28.7 Å². The van der Waals surface area contributed by atoms with Crippen LogP contribution in [0.25, 0.3) is 0 Å². The monoisotopic (exact) mass is 315 g/mol. The summed E-state index contributed by atoms with van der Waals surface area (Å²) in [7, 11) is 0. The van der Waals surface area contributed by atoms with Gasteiger partial charge in [0.25, 0.3) is 11.8 Å². The lowest BCUT2D eigenvalue weighted by Gasteiger charge is -2.12. The quantitative estimate of drug-likeness (QED) is 0.424. The van der Waals surface area contributed by atoms with Crippen LogP contribution in [-0.4, -0.2) is 49.3 Å². The van der Waals surface area contributed by atoms with Crippen LogP contribution in [0.3, 0.4) is 0 Å². The fraction of sp³-hybridized carbons (Fsp3) is 0.800. The molecular weight excluding hydrogens is 290 g/mol. The van der Waals surface area contributed by atoms with Gasteiger partial charge in [-0.05, 0) is 18.8 Å². The molecule has 0 bridgehead atoms. The third-order valence-electron chi connectivity index (χ3n) is 3.09. The van der Waals surface area contributed by atoms with E-state index in [1.807, 2.05) is 0 Å². The van der Waals surface area contributed by atoms with E-state index in [-0.39, 0.29) is 25.9 Å². The summed E-state index contributed by atoms with van der Waals surface area (Å²) in [4.78, 5) is 38.6. The van der Waals surface area contributed by atoms with Gasteiger partial charge in [0.15, 0.2) is 0 Å². The summed E-state index contributed by atoms with van der Waals surface area (Å²) in [5, 5.41) is 0.542. The van der Waals surface area contributed by atoms with Gasteiger partial charge in [0.2, 0.25) is 0 Å². The minimum absolute atomic E-state index is 0.00951. The van der Waals surface area contributed by atoms with Crippen molar-refractivity contribution in [1.82, 2.24) is 5.06 Å². The van der Waals surface area contributed by atoms with Crippen LogP contribution >= 0.6 is 0 Å². The summed E-state index contributed by atoms with van der Waals surface area (Å²) in [6.45, 7) is 6.11. The lowest BCUT2D eigenvalue weighted by atomic mass is 10.1. The number of carbonyl (C=O) groups is 3. The summed E-state index contributed by atoms with van der Waals surface area (Å²) < 4.78 is 10.6. The molecule has 126 valence electrons. The largest absolute Gasteiger partial charge is 0.379 e. The Morgan fingerprint density at radius 1 is 1.05 bits per heavy atom. The number of imide groups is 1. The first-order valence-electron chi connectivity index (χ1n) is 7.72. The maximum atomic E-state index is 11.4. The number of carbonyl (C=O) groups excluding carboxylic acids is 3. The molecule has 1 heterocycles. The van der Waals surface area contributed by atoms with Gasteiger partial charge in [-0.3, -0.25) is 9.59 Å². The second-order valence-electron chi connectivity index (χ2n) is 5.56. The van der Waals surface area contributed by atoms with E-state index in [1.165, 1.54) is 0 Å². The zero-order valence-corrected chi connectivity index (χ0v) is 13.3. The van der Waals surface area contributed by atoms with Crippen molar-refractivity contribution in [2.24, 2.45) is 5.92 Å². The second kappa shape index (κ2) is 10.3. The minimum atomic E-state index is -0.651. The van der Waals surface area contributed by atoms with Crippen LogP contribution in [0.2, 0.25) is 0 Å². The third-order valence-corrected chi connectivity index (χ3v) is 3.09. The van der Waals surface area contributed by atoms with Gasteiger partial charge < -0.3 is 14.3 Å². The Bertz CT molecular complexity index is 366. The predicted molar refractivity (Wildman–Crippen MR) is 77.5 cm³/mol. The molecule has 0 aromatic rings. The molecule has 1 saturated heterocycles. The number of ether oxygens (including phenoxy) is 2. The zero-order chi connectivity index (χ0) is 16.4. The van der Waals surface area contributed by atoms with E-state index >= 15 is 0 Å². The Hall–Kier alpha value is -1.47. The lowest BCUT2D eigenvalue weighted by molar-refractivity contribution is -0.198. The summed E-state index contributed by atoms with van der Waals surface area (Å²) in [5.74, 6) is -0.926. The highest BCUT2D eigenvalue weighted by Gasteiger charge is 2.32. The number of hydrogen-bond acceptors (Lipinski definition) is 6. The first-order valence-corrected chi connectivity index (χ1v) is 7.72. The van der Waals surface area contributed by atoms with E-state index in [4.69, 9.17) is 14.3 Å². The molecule has 1 aliphatic rings. The summed E-state index contributed by atoms with van der Waals surface area (Å²) >= 11 is 0. The maximum Gasteiger partial charge on any atom is 0.335 e. The van der Waals surface area contributed by atoms with Crippen molar-refractivity contribution in [2.45, 2.75) is 46.0 Å². The molecule has 0 aliphatic carbocycles. The van der Waals surface area contributed by atoms with Crippen LogP contribution in [0.5, 0.6) is 0 Å². The molecule has 0 radical (unpaired) electrons. The Morgan fingerprint density at radius 3 is 2.23 bits per heavy atom. The molecule has 0 atom stereocenters. The number of amides is 2. The van der Waals surface area contributed by atoms with Crippen LogP contribution in [0.15, 0.2) is 0 Å².